The van der Waals surface area contributed by atoms with Crippen LogP contribution in [0.2, 0.25) is 23.2 Å². The highest BCUT2D eigenvalue weighted by atomic mass is 28.4. The third-order valence-corrected chi connectivity index (χ3v) is 15.7. The third-order valence-electron chi connectivity index (χ3n) is 6.67. The van der Waals surface area contributed by atoms with Crippen molar-refractivity contribution in [2.75, 3.05) is 28.4 Å². The van der Waals surface area contributed by atoms with Crippen molar-refractivity contribution < 1.29 is 17.7 Å². The van der Waals surface area contributed by atoms with Gasteiger partial charge in [0.2, 0.25) is 0 Å². The van der Waals surface area contributed by atoms with Crippen LogP contribution in [0.3, 0.4) is 0 Å². The molecule has 6 heteroatoms. The Labute approximate surface area is 177 Å². The van der Waals surface area contributed by atoms with Crippen molar-refractivity contribution in [1.29, 1.82) is 0 Å². The molecule has 0 amide bonds. The summed E-state index contributed by atoms with van der Waals surface area (Å²) in [6, 6.07) is 2.19. The summed E-state index contributed by atoms with van der Waals surface area (Å²) in [5.41, 5.74) is 1.55. The lowest BCUT2D eigenvalue weighted by Crippen LogP contribution is -2.48. The summed E-state index contributed by atoms with van der Waals surface area (Å²) in [5.74, 6) is 1.32. The van der Waals surface area contributed by atoms with Gasteiger partial charge in [-0.05, 0) is 49.6 Å². The predicted molar refractivity (Wildman–Crippen MR) is 123 cm³/mol. The highest BCUT2D eigenvalue weighted by Gasteiger charge is 2.52. The van der Waals surface area contributed by atoms with E-state index in [-0.39, 0.29) is 0 Å². The molecule has 0 aromatic carbocycles. The summed E-state index contributed by atoms with van der Waals surface area (Å²) < 4.78 is 23.2. The van der Waals surface area contributed by atoms with Crippen molar-refractivity contribution in [3.05, 3.63) is 0 Å². The molecule has 0 heterocycles. The first-order valence-electron chi connectivity index (χ1n) is 11.5. The van der Waals surface area contributed by atoms with E-state index in [0.29, 0.717) is 11.8 Å². The van der Waals surface area contributed by atoms with Gasteiger partial charge >= 0.3 is 17.1 Å². The molecular formula is C22H48O4Si2. The molecule has 2 aliphatic rings. The topological polar surface area (TPSA) is 36.9 Å². The quantitative estimate of drug-likeness (QED) is 0.362. The fourth-order valence-corrected chi connectivity index (χ4v) is 13.6. The van der Waals surface area contributed by atoms with Gasteiger partial charge in [-0.1, -0.05) is 53.4 Å². The van der Waals surface area contributed by atoms with Crippen LogP contribution >= 0.6 is 0 Å². The standard InChI is InChI=1S/C12H24O2Si.C10H24O2Si/c1-13-15(14-2,11-7-3-4-8-11)12-9-5-6-10-12;1-9(2)7-13(11-5,12-6)8-10(3)4/h11-12H,3-10H2,1-2H3;9-10H,7-8H2,1-6H3. The summed E-state index contributed by atoms with van der Waals surface area (Å²) in [7, 11) is 3.63. The predicted octanol–water partition coefficient (Wildman–Crippen LogP) is 6.64. The van der Waals surface area contributed by atoms with Crippen LogP contribution in [0.4, 0.5) is 0 Å². The molecule has 0 bridgehead atoms. The van der Waals surface area contributed by atoms with E-state index in [1.165, 1.54) is 51.4 Å². The Morgan fingerprint density at radius 2 is 0.929 bits per heavy atom. The monoisotopic (exact) mass is 432 g/mol. The second-order valence-corrected chi connectivity index (χ2v) is 17.0. The maximum atomic E-state index is 5.97. The number of rotatable bonds is 10. The van der Waals surface area contributed by atoms with Gasteiger partial charge in [-0.15, -0.1) is 0 Å². The van der Waals surface area contributed by atoms with Gasteiger partial charge in [0.15, 0.2) is 0 Å². The van der Waals surface area contributed by atoms with Gasteiger partial charge in [0.05, 0.1) is 0 Å². The summed E-state index contributed by atoms with van der Waals surface area (Å²) in [6.45, 7) is 8.89. The fourth-order valence-electron chi connectivity index (χ4n) is 5.48. The summed E-state index contributed by atoms with van der Waals surface area (Å²) in [6.07, 6.45) is 11.0. The van der Waals surface area contributed by atoms with E-state index < -0.39 is 17.1 Å². The highest BCUT2D eigenvalue weighted by Crippen LogP contribution is 2.50. The Kier molecular flexibility index (Phi) is 12.1. The first-order valence-corrected chi connectivity index (χ1v) is 15.7. The van der Waals surface area contributed by atoms with E-state index in [1.807, 2.05) is 14.2 Å². The minimum Gasteiger partial charge on any atom is -0.398 e. The second kappa shape index (κ2) is 12.9. The molecule has 0 N–H and O–H groups in total. The van der Waals surface area contributed by atoms with Gasteiger partial charge in [-0.3, -0.25) is 0 Å². The van der Waals surface area contributed by atoms with Crippen LogP contribution in [-0.4, -0.2) is 45.6 Å². The molecule has 168 valence electrons. The number of hydrogen-bond acceptors (Lipinski definition) is 4. The van der Waals surface area contributed by atoms with Crippen molar-refractivity contribution in [3.63, 3.8) is 0 Å². The summed E-state index contributed by atoms with van der Waals surface area (Å²) in [4.78, 5) is 0. The lowest BCUT2D eigenvalue weighted by atomic mass is 10.3. The molecule has 0 radical (unpaired) electrons. The Morgan fingerprint density at radius 3 is 1.14 bits per heavy atom. The van der Waals surface area contributed by atoms with Gasteiger partial charge < -0.3 is 17.7 Å². The van der Waals surface area contributed by atoms with Crippen LogP contribution in [-0.2, 0) is 17.7 Å². The van der Waals surface area contributed by atoms with Crippen LogP contribution in [0.5, 0.6) is 0 Å². The largest absolute Gasteiger partial charge is 0.398 e. The lowest BCUT2D eigenvalue weighted by molar-refractivity contribution is 0.214. The first kappa shape index (κ1) is 26.3. The van der Waals surface area contributed by atoms with Crippen molar-refractivity contribution in [1.82, 2.24) is 0 Å². The molecule has 0 atom stereocenters. The molecule has 0 unspecified atom stereocenters. The molecule has 0 spiro atoms. The fraction of sp³-hybridized carbons (Fsp3) is 1.00. The smallest absolute Gasteiger partial charge is 0.344 e. The van der Waals surface area contributed by atoms with Gasteiger partial charge in [-0.25, -0.2) is 0 Å². The lowest BCUT2D eigenvalue weighted by Gasteiger charge is -2.37. The second-order valence-electron chi connectivity index (χ2n) is 9.61. The van der Waals surface area contributed by atoms with E-state index in [0.717, 1.165) is 23.2 Å². The van der Waals surface area contributed by atoms with Crippen LogP contribution in [0.1, 0.15) is 79.1 Å². The molecule has 0 aromatic heterocycles. The maximum absolute atomic E-state index is 5.97. The average Bonchev–Trinajstić information content (AvgIpc) is 3.37. The van der Waals surface area contributed by atoms with Crippen LogP contribution in [0, 0.1) is 11.8 Å². The Balaban J connectivity index is 0.000000284. The molecule has 0 aliphatic heterocycles. The Bertz CT molecular complexity index is 367. The third kappa shape index (κ3) is 7.20. The van der Waals surface area contributed by atoms with Crippen molar-refractivity contribution in [3.8, 4) is 0 Å². The van der Waals surface area contributed by atoms with E-state index in [4.69, 9.17) is 17.7 Å². The summed E-state index contributed by atoms with van der Waals surface area (Å²) >= 11 is 0. The van der Waals surface area contributed by atoms with Gasteiger partial charge in [-0.2, -0.15) is 0 Å². The van der Waals surface area contributed by atoms with Crippen molar-refractivity contribution >= 4 is 17.1 Å². The zero-order chi connectivity index (χ0) is 21.2. The van der Waals surface area contributed by atoms with Crippen LogP contribution < -0.4 is 0 Å². The Morgan fingerprint density at radius 1 is 0.607 bits per heavy atom. The SMILES string of the molecule is CO[Si](CC(C)C)(CC(C)C)OC.CO[Si](OC)(C1CCCC1)C1CCCC1. The van der Waals surface area contributed by atoms with Crippen molar-refractivity contribution in [2.45, 2.75) is 102 Å². The molecule has 2 fully saturated rings. The van der Waals surface area contributed by atoms with E-state index in [1.54, 1.807) is 14.2 Å². The average molecular weight is 433 g/mol. The molecule has 4 nitrogen and oxygen atoms in total. The minimum absolute atomic E-state index is 0.658. The first-order chi connectivity index (χ1) is 13.3. The highest BCUT2D eigenvalue weighted by molar-refractivity contribution is 6.70. The Hall–Kier alpha value is 0.274. The molecular weight excluding hydrogens is 384 g/mol. The molecule has 2 saturated carbocycles. The van der Waals surface area contributed by atoms with Crippen LogP contribution in [0.25, 0.3) is 0 Å². The van der Waals surface area contributed by atoms with E-state index in [9.17, 15) is 0 Å². The number of hydrogen-bond donors (Lipinski definition) is 0. The van der Waals surface area contributed by atoms with Crippen molar-refractivity contribution in [2.24, 2.45) is 11.8 Å². The zero-order valence-electron chi connectivity index (χ0n) is 20.0. The minimum atomic E-state index is -1.88. The molecule has 2 rings (SSSR count). The normalized spacial score (nSPS) is 19.5. The van der Waals surface area contributed by atoms with Gasteiger partial charge in [0.1, 0.15) is 0 Å². The maximum Gasteiger partial charge on any atom is 0.344 e. The molecule has 0 aromatic rings. The zero-order valence-corrected chi connectivity index (χ0v) is 22.0. The van der Waals surface area contributed by atoms with Gasteiger partial charge in [0.25, 0.3) is 0 Å². The molecule has 2 aliphatic carbocycles. The van der Waals surface area contributed by atoms with E-state index >= 15 is 0 Å². The molecule has 0 saturated heterocycles. The van der Waals surface area contributed by atoms with Crippen LogP contribution in [0.15, 0.2) is 0 Å². The van der Waals surface area contributed by atoms with Gasteiger partial charge in [0, 0.05) is 39.5 Å². The molecule has 28 heavy (non-hydrogen) atoms. The van der Waals surface area contributed by atoms with E-state index in [2.05, 4.69) is 27.7 Å². The summed E-state index contributed by atoms with van der Waals surface area (Å²) in [5, 5.41) is 0.